The van der Waals surface area contributed by atoms with Crippen LogP contribution in [0, 0.1) is 6.92 Å². The Hall–Kier alpha value is -2.17. The second kappa shape index (κ2) is 8.08. The molecule has 2 aromatic rings. The van der Waals surface area contributed by atoms with Crippen LogP contribution in [0.5, 0.6) is 0 Å². The first-order valence-corrected chi connectivity index (χ1v) is 8.44. The number of ether oxygens (including phenoxy) is 1. The molecule has 0 spiro atoms. The van der Waals surface area contributed by atoms with Gasteiger partial charge in [0.15, 0.2) is 0 Å². The van der Waals surface area contributed by atoms with Crippen LogP contribution in [-0.2, 0) is 17.8 Å². The second-order valence-corrected chi connectivity index (χ2v) is 6.19. The summed E-state index contributed by atoms with van der Waals surface area (Å²) in [6, 6.07) is 16.0. The zero-order valence-corrected chi connectivity index (χ0v) is 14.1. The fraction of sp³-hybridized carbons (Fsp3) is 0.350. The van der Waals surface area contributed by atoms with Gasteiger partial charge in [-0.15, -0.1) is 0 Å². The highest BCUT2D eigenvalue weighted by molar-refractivity contribution is 5.94. The summed E-state index contributed by atoms with van der Waals surface area (Å²) in [7, 11) is 0. The van der Waals surface area contributed by atoms with E-state index in [0.717, 1.165) is 38.4 Å². The van der Waals surface area contributed by atoms with E-state index in [1.54, 1.807) is 0 Å². The van der Waals surface area contributed by atoms with E-state index < -0.39 is 0 Å². The summed E-state index contributed by atoms with van der Waals surface area (Å²) in [6.07, 6.45) is 0. The molecule has 1 N–H and O–H groups in total. The molecule has 0 radical (unpaired) electrons. The molecule has 1 aliphatic rings. The highest BCUT2D eigenvalue weighted by Crippen LogP contribution is 2.10. The van der Waals surface area contributed by atoms with Gasteiger partial charge in [-0.1, -0.05) is 36.4 Å². The van der Waals surface area contributed by atoms with Gasteiger partial charge in [0.1, 0.15) is 0 Å². The number of carbonyl (C=O) groups excluding carboxylic acids is 1. The van der Waals surface area contributed by atoms with Gasteiger partial charge in [0.25, 0.3) is 5.91 Å². The summed E-state index contributed by atoms with van der Waals surface area (Å²) < 4.78 is 5.37. The first kappa shape index (κ1) is 16.7. The van der Waals surface area contributed by atoms with E-state index >= 15 is 0 Å². The second-order valence-electron chi connectivity index (χ2n) is 6.19. The van der Waals surface area contributed by atoms with Crippen LogP contribution in [0.1, 0.15) is 27.0 Å². The predicted octanol–water partition coefficient (Wildman–Crippen LogP) is 2.76. The Morgan fingerprint density at radius 2 is 1.79 bits per heavy atom. The number of carbonyl (C=O) groups is 1. The lowest BCUT2D eigenvalue weighted by Gasteiger charge is -2.26. The number of rotatable bonds is 5. The van der Waals surface area contributed by atoms with E-state index in [2.05, 4.69) is 23.2 Å². The highest BCUT2D eigenvalue weighted by atomic mass is 16.5. The van der Waals surface area contributed by atoms with Crippen LogP contribution in [-0.4, -0.2) is 37.1 Å². The van der Waals surface area contributed by atoms with Gasteiger partial charge in [-0.3, -0.25) is 9.69 Å². The Bertz CT molecular complexity index is 676. The van der Waals surface area contributed by atoms with Crippen molar-refractivity contribution in [2.45, 2.75) is 20.0 Å². The molecule has 1 aliphatic heterocycles. The van der Waals surface area contributed by atoms with Crippen LogP contribution in [0.3, 0.4) is 0 Å². The first-order valence-electron chi connectivity index (χ1n) is 8.44. The molecule has 1 saturated heterocycles. The number of nitrogens with zero attached hydrogens (tertiary/aromatic N) is 1. The molecule has 0 atom stereocenters. The van der Waals surface area contributed by atoms with Crippen molar-refractivity contribution in [1.82, 2.24) is 10.2 Å². The van der Waals surface area contributed by atoms with Gasteiger partial charge in [0.2, 0.25) is 0 Å². The monoisotopic (exact) mass is 324 g/mol. The topological polar surface area (TPSA) is 41.6 Å². The quantitative estimate of drug-likeness (QED) is 0.919. The maximum atomic E-state index is 12.3. The maximum Gasteiger partial charge on any atom is 0.251 e. The fourth-order valence-electron chi connectivity index (χ4n) is 2.87. The Labute approximate surface area is 143 Å². The molecule has 3 rings (SSSR count). The summed E-state index contributed by atoms with van der Waals surface area (Å²) in [5.74, 6) is -0.0313. The van der Waals surface area contributed by atoms with Gasteiger partial charge >= 0.3 is 0 Å². The number of nitrogens with one attached hydrogen (secondary N) is 1. The average molecular weight is 324 g/mol. The zero-order chi connectivity index (χ0) is 16.8. The molecular weight excluding hydrogens is 300 g/mol. The fourth-order valence-corrected chi connectivity index (χ4v) is 2.87. The number of benzene rings is 2. The lowest BCUT2D eigenvalue weighted by Crippen LogP contribution is -2.35. The molecule has 126 valence electrons. The smallest absolute Gasteiger partial charge is 0.251 e. The maximum absolute atomic E-state index is 12.3. The van der Waals surface area contributed by atoms with E-state index in [-0.39, 0.29) is 5.91 Å². The van der Waals surface area contributed by atoms with Gasteiger partial charge in [0.05, 0.1) is 13.2 Å². The number of amides is 1. The van der Waals surface area contributed by atoms with Gasteiger partial charge in [-0.25, -0.2) is 0 Å². The molecule has 2 aromatic carbocycles. The number of aryl methyl sites for hydroxylation is 1. The standard InChI is InChI=1S/C20H24N2O2/c1-16-4-2-3-5-19(16)14-21-20(23)18-8-6-17(7-9-18)15-22-10-12-24-13-11-22/h2-9H,10-15H2,1H3,(H,21,23). The molecule has 1 amide bonds. The van der Waals surface area contributed by atoms with E-state index in [1.165, 1.54) is 11.1 Å². The Kier molecular flexibility index (Phi) is 5.62. The van der Waals surface area contributed by atoms with Gasteiger partial charge in [-0.2, -0.15) is 0 Å². The third kappa shape index (κ3) is 4.43. The van der Waals surface area contributed by atoms with Gasteiger partial charge in [-0.05, 0) is 35.7 Å². The largest absolute Gasteiger partial charge is 0.379 e. The van der Waals surface area contributed by atoms with Crippen molar-refractivity contribution in [2.75, 3.05) is 26.3 Å². The lowest BCUT2D eigenvalue weighted by atomic mass is 10.1. The SMILES string of the molecule is Cc1ccccc1CNC(=O)c1ccc(CN2CCOCC2)cc1. The van der Waals surface area contributed by atoms with Crippen molar-refractivity contribution in [3.8, 4) is 0 Å². The first-order chi connectivity index (χ1) is 11.7. The molecule has 1 fully saturated rings. The summed E-state index contributed by atoms with van der Waals surface area (Å²) in [5, 5.41) is 2.99. The highest BCUT2D eigenvalue weighted by Gasteiger charge is 2.11. The average Bonchev–Trinajstić information content (AvgIpc) is 2.62. The molecule has 0 bridgehead atoms. The number of morpholine rings is 1. The van der Waals surface area contributed by atoms with Gasteiger partial charge in [0, 0.05) is 31.7 Å². The minimum atomic E-state index is -0.0313. The lowest BCUT2D eigenvalue weighted by molar-refractivity contribution is 0.0342. The number of hydrogen-bond acceptors (Lipinski definition) is 3. The zero-order valence-electron chi connectivity index (χ0n) is 14.1. The van der Waals surface area contributed by atoms with E-state index in [1.807, 2.05) is 42.5 Å². The van der Waals surface area contributed by atoms with E-state index in [4.69, 9.17) is 4.74 Å². The summed E-state index contributed by atoms with van der Waals surface area (Å²) in [4.78, 5) is 14.7. The number of hydrogen-bond donors (Lipinski definition) is 1. The molecule has 0 saturated carbocycles. The molecule has 0 unspecified atom stereocenters. The van der Waals surface area contributed by atoms with Gasteiger partial charge < -0.3 is 10.1 Å². The molecule has 0 aromatic heterocycles. The van der Waals surface area contributed by atoms with Crippen molar-refractivity contribution in [3.05, 3.63) is 70.8 Å². The van der Waals surface area contributed by atoms with Crippen LogP contribution in [0.15, 0.2) is 48.5 Å². The Morgan fingerprint density at radius 1 is 1.08 bits per heavy atom. The minimum Gasteiger partial charge on any atom is -0.379 e. The minimum absolute atomic E-state index is 0.0313. The van der Waals surface area contributed by atoms with Crippen LogP contribution < -0.4 is 5.32 Å². The molecular formula is C20H24N2O2. The van der Waals surface area contributed by atoms with Crippen molar-refractivity contribution < 1.29 is 9.53 Å². The summed E-state index contributed by atoms with van der Waals surface area (Å²) in [5.41, 5.74) is 4.27. The van der Waals surface area contributed by atoms with Crippen molar-refractivity contribution in [1.29, 1.82) is 0 Å². The predicted molar refractivity (Wildman–Crippen MR) is 94.9 cm³/mol. The van der Waals surface area contributed by atoms with Crippen LogP contribution in [0.4, 0.5) is 0 Å². The summed E-state index contributed by atoms with van der Waals surface area (Å²) in [6.45, 7) is 7.08. The van der Waals surface area contributed by atoms with E-state index in [9.17, 15) is 4.79 Å². The molecule has 0 aliphatic carbocycles. The Morgan fingerprint density at radius 3 is 2.50 bits per heavy atom. The van der Waals surface area contributed by atoms with Crippen LogP contribution in [0.2, 0.25) is 0 Å². The van der Waals surface area contributed by atoms with Crippen LogP contribution in [0.25, 0.3) is 0 Å². The van der Waals surface area contributed by atoms with Crippen molar-refractivity contribution in [2.24, 2.45) is 0 Å². The van der Waals surface area contributed by atoms with Crippen LogP contribution >= 0.6 is 0 Å². The summed E-state index contributed by atoms with van der Waals surface area (Å²) >= 11 is 0. The molecule has 1 heterocycles. The third-order valence-corrected chi connectivity index (χ3v) is 4.43. The molecule has 4 nitrogen and oxygen atoms in total. The molecule has 24 heavy (non-hydrogen) atoms. The normalized spacial score (nSPS) is 15.2. The van der Waals surface area contributed by atoms with Crippen molar-refractivity contribution >= 4 is 5.91 Å². The molecule has 4 heteroatoms. The van der Waals surface area contributed by atoms with E-state index in [0.29, 0.717) is 12.1 Å². The van der Waals surface area contributed by atoms with Crippen molar-refractivity contribution in [3.63, 3.8) is 0 Å². The third-order valence-electron chi connectivity index (χ3n) is 4.43. The Balaban J connectivity index is 1.54.